The molecule has 1 heterocycles. The molecule has 4 nitrogen and oxygen atoms in total. The molecule has 1 rings (SSSR count). The standard InChI is InChI=1S/C11H21N3O/c1-3-4-5-8-14-10-11(12-13-14)7-6-9-15-2/h10H,3-9H2,1-2H3. The largest absolute Gasteiger partial charge is 0.385 e. The van der Waals surface area contributed by atoms with Crippen LogP contribution in [0.15, 0.2) is 6.20 Å². The van der Waals surface area contributed by atoms with Crippen LogP contribution < -0.4 is 0 Å². The van der Waals surface area contributed by atoms with Crippen molar-refractivity contribution in [1.29, 1.82) is 0 Å². The summed E-state index contributed by atoms with van der Waals surface area (Å²) in [6, 6.07) is 0. The average Bonchev–Trinajstić information content (AvgIpc) is 2.67. The SMILES string of the molecule is CCCCCn1cc(CCCOC)nn1. The molecule has 4 heteroatoms. The normalized spacial score (nSPS) is 10.8. The number of unbranched alkanes of at least 4 members (excludes halogenated alkanes) is 2. The van der Waals surface area contributed by atoms with E-state index in [0.717, 1.165) is 31.7 Å². The molecule has 0 radical (unpaired) electrons. The number of methoxy groups -OCH3 is 1. The van der Waals surface area contributed by atoms with Crippen molar-refractivity contribution < 1.29 is 4.74 Å². The van der Waals surface area contributed by atoms with Gasteiger partial charge in [0.05, 0.1) is 5.69 Å². The Morgan fingerprint density at radius 1 is 1.33 bits per heavy atom. The third-order valence-electron chi connectivity index (χ3n) is 2.36. The maximum Gasteiger partial charge on any atom is 0.0828 e. The zero-order chi connectivity index (χ0) is 10.9. The van der Waals surface area contributed by atoms with Crippen molar-refractivity contribution >= 4 is 0 Å². The molecule has 0 aliphatic heterocycles. The molecule has 0 fully saturated rings. The van der Waals surface area contributed by atoms with Gasteiger partial charge in [0.1, 0.15) is 0 Å². The van der Waals surface area contributed by atoms with Gasteiger partial charge >= 0.3 is 0 Å². The van der Waals surface area contributed by atoms with Crippen LogP contribution >= 0.6 is 0 Å². The smallest absolute Gasteiger partial charge is 0.0828 e. The van der Waals surface area contributed by atoms with E-state index in [9.17, 15) is 0 Å². The number of hydrogen-bond acceptors (Lipinski definition) is 3. The molecule has 0 atom stereocenters. The molecule has 0 N–H and O–H groups in total. The van der Waals surface area contributed by atoms with Crippen molar-refractivity contribution in [1.82, 2.24) is 15.0 Å². The highest BCUT2D eigenvalue weighted by Crippen LogP contribution is 2.01. The molecule has 1 aromatic heterocycles. The summed E-state index contributed by atoms with van der Waals surface area (Å²) in [5, 5.41) is 8.22. The van der Waals surface area contributed by atoms with E-state index in [-0.39, 0.29) is 0 Å². The Labute approximate surface area is 91.6 Å². The fourth-order valence-electron chi connectivity index (χ4n) is 1.48. The highest BCUT2D eigenvalue weighted by molar-refractivity contribution is 4.92. The van der Waals surface area contributed by atoms with E-state index in [4.69, 9.17) is 4.74 Å². The van der Waals surface area contributed by atoms with Gasteiger partial charge in [-0.1, -0.05) is 25.0 Å². The summed E-state index contributed by atoms with van der Waals surface area (Å²) in [5.74, 6) is 0. The Hall–Kier alpha value is -0.900. The predicted molar refractivity (Wildman–Crippen MR) is 59.7 cm³/mol. The van der Waals surface area contributed by atoms with Crippen molar-refractivity contribution in [3.63, 3.8) is 0 Å². The Morgan fingerprint density at radius 2 is 2.20 bits per heavy atom. The summed E-state index contributed by atoms with van der Waals surface area (Å²) >= 11 is 0. The maximum absolute atomic E-state index is 4.99. The van der Waals surface area contributed by atoms with Crippen molar-refractivity contribution in [2.45, 2.75) is 45.6 Å². The molecule has 15 heavy (non-hydrogen) atoms. The Bertz CT molecular complexity index is 236. The van der Waals surface area contributed by atoms with Gasteiger partial charge < -0.3 is 4.74 Å². The molecule has 0 saturated carbocycles. The van der Waals surface area contributed by atoms with Crippen molar-refractivity contribution in [3.05, 3.63) is 11.9 Å². The minimum absolute atomic E-state index is 0.794. The van der Waals surface area contributed by atoms with E-state index in [0.29, 0.717) is 0 Å². The van der Waals surface area contributed by atoms with Crippen LogP contribution in [-0.4, -0.2) is 28.7 Å². The fourth-order valence-corrected chi connectivity index (χ4v) is 1.48. The lowest BCUT2D eigenvalue weighted by Gasteiger charge is -1.97. The lowest BCUT2D eigenvalue weighted by molar-refractivity contribution is 0.195. The van der Waals surface area contributed by atoms with Crippen LogP contribution in [0.25, 0.3) is 0 Å². The molecule has 0 unspecified atom stereocenters. The van der Waals surface area contributed by atoms with Gasteiger partial charge in [-0.15, -0.1) is 5.10 Å². The average molecular weight is 211 g/mol. The highest BCUT2D eigenvalue weighted by atomic mass is 16.5. The van der Waals surface area contributed by atoms with E-state index in [1.54, 1.807) is 7.11 Å². The molecule has 0 aliphatic carbocycles. The third-order valence-corrected chi connectivity index (χ3v) is 2.36. The van der Waals surface area contributed by atoms with Gasteiger partial charge in [-0.25, -0.2) is 0 Å². The Balaban J connectivity index is 2.23. The topological polar surface area (TPSA) is 39.9 Å². The third kappa shape index (κ3) is 4.93. The van der Waals surface area contributed by atoms with E-state index in [2.05, 4.69) is 17.2 Å². The van der Waals surface area contributed by atoms with Crippen LogP contribution in [0.5, 0.6) is 0 Å². The van der Waals surface area contributed by atoms with Crippen LogP contribution in [0.4, 0.5) is 0 Å². The van der Waals surface area contributed by atoms with Crippen molar-refractivity contribution in [2.75, 3.05) is 13.7 Å². The number of hydrogen-bond donors (Lipinski definition) is 0. The van der Waals surface area contributed by atoms with Crippen LogP contribution in [0.2, 0.25) is 0 Å². The van der Waals surface area contributed by atoms with Crippen LogP contribution in [0, 0.1) is 0 Å². The molecular formula is C11H21N3O. The van der Waals surface area contributed by atoms with E-state index < -0.39 is 0 Å². The summed E-state index contributed by atoms with van der Waals surface area (Å²) in [6.45, 7) is 3.99. The Morgan fingerprint density at radius 3 is 2.93 bits per heavy atom. The van der Waals surface area contributed by atoms with E-state index in [1.165, 1.54) is 19.3 Å². The minimum atomic E-state index is 0.794. The quantitative estimate of drug-likeness (QED) is 0.618. The second kappa shape index (κ2) is 7.40. The van der Waals surface area contributed by atoms with Gasteiger partial charge in [0, 0.05) is 26.5 Å². The number of ether oxygens (including phenoxy) is 1. The molecule has 0 amide bonds. The van der Waals surface area contributed by atoms with Crippen LogP contribution in [0.1, 0.15) is 38.3 Å². The van der Waals surface area contributed by atoms with Gasteiger partial charge in [-0.05, 0) is 19.3 Å². The van der Waals surface area contributed by atoms with E-state index in [1.807, 2.05) is 10.9 Å². The van der Waals surface area contributed by atoms with Gasteiger partial charge in [0.25, 0.3) is 0 Å². The first-order valence-corrected chi connectivity index (χ1v) is 5.74. The van der Waals surface area contributed by atoms with Crippen molar-refractivity contribution in [3.8, 4) is 0 Å². The summed E-state index contributed by atoms with van der Waals surface area (Å²) in [5.41, 5.74) is 1.07. The summed E-state index contributed by atoms with van der Waals surface area (Å²) < 4.78 is 6.94. The first kappa shape index (κ1) is 12.2. The van der Waals surface area contributed by atoms with Gasteiger partial charge in [0.2, 0.25) is 0 Å². The van der Waals surface area contributed by atoms with Crippen LogP contribution in [-0.2, 0) is 17.7 Å². The fraction of sp³-hybridized carbons (Fsp3) is 0.818. The number of rotatable bonds is 8. The lowest BCUT2D eigenvalue weighted by atomic mass is 10.2. The molecule has 0 bridgehead atoms. The summed E-state index contributed by atoms with van der Waals surface area (Å²) in [6.07, 6.45) is 7.72. The summed E-state index contributed by atoms with van der Waals surface area (Å²) in [7, 11) is 1.72. The van der Waals surface area contributed by atoms with Gasteiger partial charge in [-0.3, -0.25) is 4.68 Å². The zero-order valence-corrected chi connectivity index (χ0v) is 9.78. The second-order valence-electron chi connectivity index (χ2n) is 3.78. The molecule has 0 aromatic carbocycles. The molecule has 0 aliphatic rings. The molecule has 86 valence electrons. The number of nitrogens with zero attached hydrogens (tertiary/aromatic N) is 3. The maximum atomic E-state index is 4.99. The minimum Gasteiger partial charge on any atom is -0.385 e. The van der Waals surface area contributed by atoms with Crippen LogP contribution in [0.3, 0.4) is 0 Å². The monoisotopic (exact) mass is 211 g/mol. The second-order valence-corrected chi connectivity index (χ2v) is 3.78. The molecule has 0 spiro atoms. The Kier molecular flexibility index (Phi) is 6.00. The first-order valence-electron chi connectivity index (χ1n) is 5.74. The highest BCUT2D eigenvalue weighted by Gasteiger charge is 1.99. The number of aromatic nitrogens is 3. The molecule has 0 saturated heterocycles. The molecular weight excluding hydrogens is 190 g/mol. The zero-order valence-electron chi connectivity index (χ0n) is 9.78. The van der Waals surface area contributed by atoms with Gasteiger partial charge in [0.15, 0.2) is 0 Å². The number of aryl methyl sites for hydroxylation is 2. The molecule has 1 aromatic rings. The summed E-state index contributed by atoms with van der Waals surface area (Å²) in [4.78, 5) is 0. The first-order chi connectivity index (χ1) is 7.36. The van der Waals surface area contributed by atoms with E-state index >= 15 is 0 Å². The predicted octanol–water partition coefficient (Wildman–Crippen LogP) is 2.05. The lowest BCUT2D eigenvalue weighted by Crippen LogP contribution is -1.98. The van der Waals surface area contributed by atoms with Gasteiger partial charge in [-0.2, -0.15) is 0 Å². The van der Waals surface area contributed by atoms with Crippen molar-refractivity contribution in [2.24, 2.45) is 0 Å².